The van der Waals surface area contributed by atoms with Gasteiger partial charge in [0, 0.05) is 0 Å². The summed E-state index contributed by atoms with van der Waals surface area (Å²) in [6.45, 7) is 3.91. The van der Waals surface area contributed by atoms with Crippen molar-refractivity contribution in [3.05, 3.63) is 39.4 Å². The van der Waals surface area contributed by atoms with Gasteiger partial charge in [0.15, 0.2) is 5.03 Å². The zero-order chi connectivity index (χ0) is 11.4. The van der Waals surface area contributed by atoms with Crippen LogP contribution in [0.2, 0.25) is 0 Å². The molecule has 0 radical (unpaired) electrons. The van der Waals surface area contributed by atoms with E-state index in [1.807, 2.05) is 26.0 Å². The number of benzene rings is 1. The van der Waals surface area contributed by atoms with Crippen LogP contribution in [0, 0.1) is 24.0 Å². The van der Waals surface area contributed by atoms with Gasteiger partial charge >= 0.3 is 0 Å². The number of nitrogens with zero attached hydrogens (tertiary/aromatic N) is 2. The van der Waals surface area contributed by atoms with E-state index in [9.17, 15) is 10.1 Å². The number of guanidine groups is 1. The Morgan fingerprint density at radius 1 is 1.47 bits per heavy atom. The Labute approximate surface area is 86.9 Å². The highest BCUT2D eigenvalue weighted by molar-refractivity contribution is 5.79. The summed E-state index contributed by atoms with van der Waals surface area (Å²) >= 11 is 0. The van der Waals surface area contributed by atoms with Gasteiger partial charge in [-0.25, -0.2) is 15.1 Å². The van der Waals surface area contributed by atoms with Crippen LogP contribution in [0.25, 0.3) is 0 Å². The molecule has 0 fully saturated rings. The first-order chi connectivity index (χ1) is 6.99. The highest BCUT2D eigenvalue weighted by atomic mass is 16.7. The monoisotopic (exact) mass is 208 g/mol. The van der Waals surface area contributed by atoms with Gasteiger partial charge in [-0.3, -0.25) is 0 Å². The lowest BCUT2D eigenvalue weighted by atomic mass is 10.1. The molecular weight excluding hydrogens is 196 g/mol. The predicted molar refractivity (Wildman–Crippen MR) is 57.3 cm³/mol. The molecule has 1 aromatic rings. The molecule has 0 amide bonds. The SMILES string of the molecule is Cc1ccc(N=C(N)N[N+](=O)[O-])cc1C. The van der Waals surface area contributed by atoms with Gasteiger partial charge in [-0.2, -0.15) is 0 Å². The van der Waals surface area contributed by atoms with Crippen LogP contribution in [-0.4, -0.2) is 11.0 Å². The van der Waals surface area contributed by atoms with Crippen molar-refractivity contribution >= 4 is 11.6 Å². The molecule has 0 atom stereocenters. The summed E-state index contributed by atoms with van der Waals surface area (Å²) in [7, 11) is 0. The molecule has 0 aliphatic carbocycles. The molecule has 15 heavy (non-hydrogen) atoms. The van der Waals surface area contributed by atoms with E-state index in [2.05, 4.69) is 4.99 Å². The van der Waals surface area contributed by atoms with E-state index in [-0.39, 0.29) is 5.96 Å². The first-order valence-corrected chi connectivity index (χ1v) is 4.31. The van der Waals surface area contributed by atoms with Crippen LogP contribution in [0.4, 0.5) is 5.69 Å². The van der Waals surface area contributed by atoms with Crippen LogP contribution < -0.4 is 11.2 Å². The maximum Gasteiger partial charge on any atom is 0.256 e. The quantitative estimate of drug-likeness (QED) is 0.328. The van der Waals surface area contributed by atoms with E-state index >= 15 is 0 Å². The van der Waals surface area contributed by atoms with Crippen molar-refractivity contribution in [2.24, 2.45) is 10.7 Å². The molecule has 0 aliphatic heterocycles. The van der Waals surface area contributed by atoms with Crippen molar-refractivity contribution < 1.29 is 5.03 Å². The molecule has 3 N–H and O–H groups in total. The topological polar surface area (TPSA) is 93.5 Å². The van der Waals surface area contributed by atoms with Crippen molar-refractivity contribution in [2.75, 3.05) is 0 Å². The van der Waals surface area contributed by atoms with Crippen molar-refractivity contribution in [3.63, 3.8) is 0 Å². The Bertz CT molecular complexity index is 415. The van der Waals surface area contributed by atoms with Gasteiger partial charge in [-0.05, 0) is 37.1 Å². The van der Waals surface area contributed by atoms with Crippen LogP contribution >= 0.6 is 0 Å². The minimum atomic E-state index is -0.750. The average Bonchev–Trinajstić information content (AvgIpc) is 2.10. The Morgan fingerprint density at radius 3 is 2.67 bits per heavy atom. The fraction of sp³-hybridized carbons (Fsp3) is 0.222. The number of nitrogens with one attached hydrogen (secondary N) is 1. The maximum atomic E-state index is 10.1. The normalized spacial score (nSPS) is 11.2. The number of rotatable bonds is 2. The first-order valence-electron chi connectivity index (χ1n) is 4.31. The van der Waals surface area contributed by atoms with Crippen LogP contribution in [0.15, 0.2) is 23.2 Å². The zero-order valence-electron chi connectivity index (χ0n) is 8.52. The molecule has 0 heterocycles. The molecule has 0 spiro atoms. The lowest BCUT2D eigenvalue weighted by Crippen LogP contribution is -2.35. The van der Waals surface area contributed by atoms with Gasteiger partial charge in [-0.15, -0.1) is 0 Å². The van der Waals surface area contributed by atoms with Gasteiger partial charge in [0.05, 0.1) is 5.69 Å². The smallest absolute Gasteiger partial charge is 0.256 e. The highest BCUT2D eigenvalue weighted by Crippen LogP contribution is 2.16. The Morgan fingerprint density at radius 2 is 2.13 bits per heavy atom. The fourth-order valence-electron chi connectivity index (χ4n) is 1.05. The van der Waals surface area contributed by atoms with Gasteiger partial charge in [0.2, 0.25) is 0 Å². The molecule has 1 rings (SSSR count). The van der Waals surface area contributed by atoms with E-state index in [1.165, 1.54) is 0 Å². The summed E-state index contributed by atoms with van der Waals surface area (Å²) in [5, 5.41) is 9.30. The molecule has 6 nitrogen and oxygen atoms in total. The standard InChI is InChI=1S/C9H12N4O2/c1-6-3-4-8(5-7(6)2)11-9(10)12-13(14)15/h3-5H,1-2H3,(H3,10,11,12). The summed E-state index contributed by atoms with van der Waals surface area (Å²) in [6, 6.07) is 5.44. The minimum Gasteiger partial charge on any atom is -0.365 e. The summed E-state index contributed by atoms with van der Waals surface area (Å²) in [5.41, 5.74) is 9.85. The number of nitrogens with two attached hydrogens (primary N) is 1. The number of aryl methyl sites for hydroxylation is 2. The number of aliphatic imine (C=N–C) groups is 1. The molecule has 0 aromatic heterocycles. The largest absolute Gasteiger partial charge is 0.365 e. The van der Waals surface area contributed by atoms with E-state index in [4.69, 9.17) is 5.73 Å². The highest BCUT2D eigenvalue weighted by Gasteiger charge is 2.00. The lowest BCUT2D eigenvalue weighted by Gasteiger charge is -2.01. The van der Waals surface area contributed by atoms with Gasteiger partial charge in [0.1, 0.15) is 0 Å². The van der Waals surface area contributed by atoms with Crippen LogP contribution in [-0.2, 0) is 0 Å². The number of hydrogen-bond donors (Lipinski definition) is 2. The van der Waals surface area contributed by atoms with Gasteiger partial charge in [0.25, 0.3) is 5.96 Å². The first kappa shape index (κ1) is 11.0. The minimum absolute atomic E-state index is 0.233. The molecule has 0 aliphatic rings. The Kier molecular flexibility index (Phi) is 3.22. The molecule has 0 unspecified atom stereocenters. The number of hydrazine groups is 1. The molecule has 80 valence electrons. The maximum absolute atomic E-state index is 10.1. The molecule has 6 heteroatoms. The van der Waals surface area contributed by atoms with Crippen molar-refractivity contribution in [1.29, 1.82) is 0 Å². The second-order valence-electron chi connectivity index (χ2n) is 3.13. The van der Waals surface area contributed by atoms with Crippen LogP contribution in [0.1, 0.15) is 11.1 Å². The summed E-state index contributed by atoms with van der Waals surface area (Å²) < 4.78 is 0. The average molecular weight is 208 g/mol. The van der Waals surface area contributed by atoms with Crippen molar-refractivity contribution in [1.82, 2.24) is 5.43 Å². The number of nitro groups is 1. The third-order valence-electron chi connectivity index (χ3n) is 1.95. The summed E-state index contributed by atoms with van der Waals surface area (Å²) in [6.07, 6.45) is 0. The van der Waals surface area contributed by atoms with Gasteiger partial charge < -0.3 is 5.73 Å². The van der Waals surface area contributed by atoms with E-state index in [1.54, 1.807) is 11.5 Å². The number of hydrogen-bond acceptors (Lipinski definition) is 3. The summed E-state index contributed by atoms with van der Waals surface area (Å²) in [4.78, 5) is 13.9. The Balaban J connectivity index is 2.88. The van der Waals surface area contributed by atoms with E-state index < -0.39 is 5.03 Å². The van der Waals surface area contributed by atoms with E-state index in [0.717, 1.165) is 11.1 Å². The van der Waals surface area contributed by atoms with Crippen molar-refractivity contribution in [2.45, 2.75) is 13.8 Å². The van der Waals surface area contributed by atoms with Crippen LogP contribution in [0.3, 0.4) is 0 Å². The Hall–Kier alpha value is -2.11. The predicted octanol–water partition coefficient (Wildman–Crippen LogP) is 1.03. The molecular formula is C9H12N4O2. The van der Waals surface area contributed by atoms with Crippen molar-refractivity contribution in [3.8, 4) is 0 Å². The van der Waals surface area contributed by atoms with Gasteiger partial charge in [-0.1, -0.05) is 11.5 Å². The molecule has 1 aromatic carbocycles. The summed E-state index contributed by atoms with van der Waals surface area (Å²) in [5.74, 6) is -0.233. The third-order valence-corrected chi connectivity index (χ3v) is 1.95. The molecule has 0 saturated heterocycles. The second-order valence-corrected chi connectivity index (χ2v) is 3.13. The molecule has 0 bridgehead atoms. The zero-order valence-corrected chi connectivity index (χ0v) is 8.52. The molecule has 0 saturated carbocycles. The third kappa shape index (κ3) is 3.26. The fourth-order valence-corrected chi connectivity index (χ4v) is 1.05. The van der Waals surface area contributed by atoms with E-state index in [0.29, 0.717) is 5.69 Å². The van der Waals surface area contributed by atoms with Crippen LogP contribution in [0.5, 0.6) is 0 Å². The lowest BCUT2D eigenvalue weighted by molar-refractivity contribution is -0.525. The second kappa shape index (κ2) is 4.41.